The van der Waals surface area contributed by atoms with E-state index < -0.39 is 0 Å². The van der Waals surface area contributed by atoms with Crippen molar-refractivity contribution < 1.29 is 5.11 Å². The maximum absolute atomic E-state index is 9.23. The molecule has 1 heteroatoms. The van der Waals surface area contributed by atoms with Crippen molar-refractivity contribution in [3.63, 3.8) is 0 Å². The van der Waals surface area contributed by atoms with Gasteiger partial charge in [0.2, 0.25) is 0 Å². The van der Waals surface area contributed by atoms with Crippen molar-refractivity contribution in [1.29, 1.82) is 0 Å². The lowest BCUT2D eigenvalue weighted by Crippen LogP contribution is -1.79. The lowest BCUT2D eigenvalue weighted by Gasteiger charge is -2.01. The van der Waals surface area contributed by atoms with Crippen molar-refractivity contribution in [3.05, 3.63) is 48.1 Å². The molecule has 0 aromatic heterocycles. The molecular formula is C11H10O. The van der Waals surface area contributed by atoms with E-state index in [1.165, 1.54) is 5.57 Å². The van der Waals surface area contributed by atoms with Crippen molar-refractivity contribution in [2.75, 3.05) is 0 Å². The van der Waals surface area contributed by atoms with Gasteiger partial charge in [-0.3, -0.25) is 0 Å². The molecule has 0 unspecified atom stereocenters. The highest BCUT2D eigenvalue weighted by molar-refractivity contribution is 5.71. The summed E-state index contributed by atoms with van der Waals surface area (Å²) < 4.78 is 0. The molecule has 0 saturated heterocycles. The third-order valence-corrected chi connectivity index (χ3v) is 1.99. The summed E-state index contributed by atoms with van der Waals surface area (Å²) in [7, 11) is 0. The average Bonchev–Trinajstić information content (AvgIpc) is 2.56. The maximum Gasteiger partial charge on any atom is 0.116 e. The smallest absolute Gasteiger partial charge is 0.116 e. The lowest BCUT2D eigenvalue weighted by molar-refractivity contribution is 0.475. The molecule has 2 rings (SSSR count). The Morgan fingerprint density at radius 3 is 2.83 bits per heavy atom. The first-order valence-electron chi connectivity index (χ1n) is 4.01. The van der Waals surface area contributed by atoms with Crippen LogP contribution in [0.4, 0.5) is 0 Å². The summed E-state index contributed by atoms with van der Waals surface area (Å²) in [5.41, 5.74) is 2.38. The number of allylic oxidation sites excluding steroid dienone is 4. The second-order valence-corrected chi connectivity index (χ2v) is 2.87. The highest BCUT2D eigenvalue weighted by Gasteiger charge is 2.02. The Balaban J connectivity index is 2.35. The third-order valence-electron chi connectivity index (χ3n) is 1.99. The SMILES string of the molecule is Oc1cccc(C2=CC=CC2)c1. The van der Waals surface area contributed by atoms with Crippen molar-refractivity contribution in [1.82, 2.24) is 0 Å². The van der Waals surface area contributed by atoms with Crippen LogP contribution in [0.2, 0.25) is 0 Å². The highest BCUT2D eigenvalue weighted by atomic mass is 16.3. The average molecular weight is 158 g/mol. The summed E-state index contributed by atoms with van der Waals surface area (Å²) >= 11 is 0. The zero-order valence-electron chi connectivity index (χ0n) is 6.70. The van der Waals surface area contributed by atoms with Crippen LogP contribution in [-0.2, 0) is 0 Å². The number of benzene rings is 1. The van der Waals surface area contributed by atoms with Crippen LogP contribution in [0.1, 0.15) is 12.0 Å². The quantitative estimate of drug-likeness (QED) is 0.666. The number of rotatable bonds is 1. The predicted octanol–water partition coefficient (Wildman–Crippen LogP) is 2.74. The summed E-state index contributed by atoms with van der Waals surface area (Å²) in [6.45, 7) is 0. The van der Waals surface area contributed by atoms with Gasteiger partial charge in [-0.1, -0.05) is 30.4 Å². The van der Waals surface area contributed by atoms with Gasteiger partial charge in [0.25, 0.3) is 0 Å². The summed E-state index contributed by atoms with van der Waals surface area (Å²) in [6, 6.07) is 7.35. The minimum absolute atomic E-state index is 0.334. The van der Waals surface area contributed by atoms with Crippen LogP contribution in [0.3, 0.4) is 0 Å². The number of hydrogen-bond donors (Lipinski definition) is 1. The van der Waals surface area contributed by atoms with E-state index in [0.717, 1.165) is 12.0 Å². The van der Waals surface area contributed by atoms with Gasteiger partial charge in [0.1, 0.15) is 5.75 Å². The predicted molar refractivity (Wildman–Crippen MR) is 49.8 cm³/mol. The van der Waals surface area contributed by atoms with Crippen LogP contribution in [0.5, 0.6) is 5.75 Å². The first kappa shape index (κ1) is 7.17. The van der Waals surface area contributed by atoms with E-state index in [4.69, 9.17) is 0 Å². The second-order valence-electron chi connectivity index (χ2n) is 2.87. The standard InChI is InChI=1S/C11H10O/c12-11-7-3-6-10(8-11)9-4-1-2-5-9/h1-4,6-8,12H,5H2. The van der Waals surface area contributed by atoms with Crippen molar-refractivity contribution >= 4 is 5.57 Å². The summed E-state index contributed by atoms with van der Waals surface area (Å²) in [4.78, 5) is 0. The molecule has 12 heavy (non-hydrogen) atoms. The monoisotopic (exact) mass is 158 g/mol. The minimum Gasteiger partial charge on any atom is -0.508 e. The summed E-state index contributed by atoms with van der Waals surface area (Å²) in [5.74, 6) is 0.334. The van der Waals surface area contributed by atoms with E-state index in [0.29, 0.717) is 5.75 Å². The van der Waals surface area contributed by atoms with Gasteiger partial charge < -0.3 is 5.11 Å². The highest BCUT2D eigenvalue weighted by Crippen LogP contribution is 2.25. The van der Waals surface area contributed by atoms with Gasteiger partial charge in [0, 0.05) is 0 Å². The molecule has 0 amide bonds. The lowest BCUT2D eigenvalue weighted by atomic mass is 10.1. The van der Waals surface area contributed by atoms with E-state index in [1.807, 2.05) is 18.2 Å². The fourth-order valence-electron chi connectivity index (χ4n) is 1.37. The first-order valence-corrected chi connectivity index (χ1v) is 4.01. The van der Waals surface area contributed by atoms with Gasteiger partial charge in [-0.15, -0.1) is 0 Å². The molecule has 60 valence electrons. The zero-order chi connectivity index (χ0) is 8.39. The zero-order valence-corrected chi connectivity index (χ0v) is 6.70. The Hall–Kier alpha value is -1.50. The van der Waals surface area contributed by atoms with Crippen molar-refractivity contribution in [2.24, 2.45) is 0 Å². The normalized spacial score (nSPS) is 14.8. The molecule has 0 atom stereocenters. The van der Waals surface area contributed by atoms with Gasteiger partial charge in [-0.05, 0) is 29.7 Å². The fraction of sp³-hybridized carbons (Fsp3) is 0.0909. The molecular weight excluding hydrogens is 148 g/mol. The minimum atomic E-state index is 0.334. The van der Waals surface area contributed by atoms with E-state index >= 15 is 0 Å². The van der Waals surface area contributed by atoms with Crippen LogP contribution in [0.15, 0.2) is 42.5 Å². The maximum atomic E-state index is 9.23. The van der Waals surface area contributed by atoms with E-state index in [9.17, 15) is 5.11 Å². The Morgan fingerprint density at radius 1 is 1.25 bits per heavy atom. The topological polar surface area (TPSA) is 20.2 Å². The van der Waals surface area contributed by atoms with Crippen molar-refractivity contribution in [2.45, 2.75) is 6.42 Å². The van der Waals surface area contributed by atoms with Gasteiger partial charge in [-0.25, -0.2) is 0 Å². The van der Waals surface area contributed by atoms with Crippen molar-refractivity contribution in [3.8, 4) is 5.75 Å². The number of phenols is 1. The van der Waals surface area contributed by atoms with E-state index in [-0.39, 0.29) is 0 Å². The molecule has 0 spiro atoms. The second kappa shape index (κ2) is 2.86. The van der Waals surface area contributed by atoms with Crippen LogP contribution in [0, 0.1) is 0 Å². The summed E-state index contributed by atoms with van der Waals surface area (Å²) in [5, 5.41) is 9.23. The largest absolute Gasteiger partial charge is 0.508 e. The van der Waals surface area contributed by atoms with Gasteiger partial charge in [0.15, 0.2) is 0 Å². The van der Waals surface area contributed by atoms with Crippen LogP contribution in [-0.4, -0.2) is 5.11 Å². The Morgan fingerprint density at radius 2 is 2.17 bits per heavy atom. The number of phenolic OH excluding ortho intramolecular Hbond substituents is 1. The summed E-state index contributed by atoms with van der Waals surface area (Å²) in [6.07, 6.45) is 7.21. The Bertz CT molecular complexity index is 348. The number of hydrogen-bond acceptors (Lipinski definition) is 1. The van der Waals surface area contributed by atoms with Crippen LogP contribution < -0.4 is 0 Å². The van der Waals surface area contributed by atoms with Gasteiger partial charge >= 0.3 is 0 Å². The van der Waals surface area contributed by atoms with E-state index in [2.05, 4.69) is 12.2 Å². The Kier molecular flexibility index (Phi) is 1.71. The molecule has 0 saturated carbocycles. The molecule has 1 aromatic carbocycles. The van der Waals surface area contributed by atoms with Crippen LogP contribution in [0.25, 0.3) is 5.57 Å². The molecule has 0 heterocycles. The molecule has 0 fully saturated rings. The fourth-order valence-corrected chi connectivity index (χ4v) is 1.37. The van der Waals surface area contributed by atoms with Crippen LogP contribution >= 0.6 is 0 Å². The molecule has 1 aliphatic carbocycles. The van der Waals surface area contributed by atoms with Gasteiger partial charge in [0.05, 0.1) is 0 Å². The molecule has 0 bridgehead atoms. The molecule has 0 aliphatic heterocycles. The molecule has 1 N–H and O–H groups in total. The molecule has 1 nitrogen and oxygen atoms in total. The first-order chi connectivity index (χ1) is 5.86. The van der Waals surface area contributed by atoms with Gasteiger partial charge in [-0.2, -0.15) is 0 Å². The molecule has 1 aromatic rings. The molecule has 1 aliphatic rings. The molecule has 0 radical (unpaired) electrons. The Labute approximate surface area is 71.7 Å². The van der Waals surface area contributed by atoms with E-state index in [1.54, 1.807) is 12.1 Å². The number of aromatic hydroxyl groups is 1. The third kappa shape index (κ3) is 1.26.